The molecule has 4 unspecified atom stereocenters. The monoisotopic (exact) mass is 942 g/mol. The van der Waals surface area contributed by atoms with Gasteiger partial charge in [0.25, 0.3) is 0 Å². The van der Waals surface area contributed by atoms with Crippen LogP contribution in [0.4, 0.5) is 0 Å². The number of hydrogen-bond donors (Lipinski definition) is 5. The number of amides is 1. The molecule has 0 spiro atoms. The number of allylic oxidation sites excluding steroid dienone is 8. The molecule has 0 aliphatic heterocycles. The lowest BCUT2D eigenvalue weighted by atomic mass is 10.00. The van der Waals surface area contributed by atoms with E-state index in [4.69, 9.17) is 0 Å². The summed E-state index contributed by atoms with van der Waals surface area (Å²) in [4.78, 5) is 12.6. The summed E-state index contributed by atoms with van der Waals surface area (Å²) < 4.78 is 0. The Hall–Kier alpha value is -1.73. The van der Waals surface area contributed by atoms with Crippen molar-refractivity contribution in [3.05, 3.63) is 48.6 Å². The van der Waals surface area contributed by atoms with Crippen molar-refractivity contribution in [1.82, 2.24) is 5.32 Å². The largest absolute Gasteiger partial charge is 0.394 e. The summed E-state index contributed by atoms with van der Waals surface area (Å²) in [5, 5.41) is 43.8. The Labute approximate surface area is 417 Å². The molecule has 0 saturated heterocycles. The lowest BCUT2D eigenvalue weighted by Gasteiger charge is -2.27. The zero-order valence-corrected chi connectivity index (χ0v) is 44.7. The molecule has 67 heavy (non-hydrogen) atoms. The van der Waals surface area contributed by atoms with Gasteiger partial charge in [0.05, 0.1) is 18.8 Å². The normalized spacial score (nSPS) is 14.1. The van der Waals surface area contributed by atoms with Crippen LogP contribution >= 0.6 is 0 Å². The van der Waals surface area contributed by atoms with E-state index in [1.807, 2.05) is 0 Å². The lowest BCUT2D eigenvalue weighted by molar-refractivity contribution is -0.132. The molecule has 4 atom stereocenters. The third-order valence-electron chi connectivity index (χ3n) is 13.7. The second-order valence-corrected chi connectivity index (χ2v) is 20.3. The second kappa shape index (κ2) is 55.2. The number of nitrogens with one attached hydrogen (secondary N) is 1. The van der Waals surface area contributed by atoms with Gasteiger partial charge in [-0.15, -0.1) is 0 Å². The van der Waals surface area contributed by atoms with Crippen molar-refractivity contribution in [3.63, 3.8) is 0 Å². The van der Waals surface area contributed by atoms with Crippen LogP contribution in [0.25, 0.3) is 0 Å². The number of hydrogen-bond acceptors (Lipinski definition) is 5. The first-order chi connectivity index (χ1) is 33.0. The van der Waals surface area contributed by atoms with Crippen molar-refractivity contribution >= 4 is 5.91 Å². The van der Waals surface area contributed by atoms with E-state index in [2.05, 4.69) is 67.8 Å². The molecule has 6 heteroatoms. The molecule has 0 aromatic heterocycles. The number of aliphatic hydroxyl groups excluding tert-OH is 4. The molecule has 0 aromatic rings. The van der Waals surface area contributed by atoms with Gasteiger partial charge >= 0.3 is 0 Å². The number of carbonyl (C=O) groups excluding carboxylic acids is 1. The molecule has 394 valence electrons. The van der Waals surface area contributed by atoms with Crippen molar-refractivity contribution in [2.75, 3.05) is 6.61 Å². The Bertz CT molecular complexity index is 1100. The summed E-state index contributed by atoms with van der Waals surface area (Å²) in [5.41, 5.74) is 0. The van der Waals surface area contributed by atoms with Crippen molar-refractivity contribution in [1.29, 1.82) is 0 Å². The molecule has 0 heterocycles. The highest BCUT2D eigenvalue weighted by molar-refractivity contribution is 5.80. The zero-order valence-electron chi connectivity index (χ0n) is 44.7. The van der Waals surface area contributed by atoms with E-state index < -0.39 is 36.9 Å². The van der Waals surface area contributed by atoms with Gasteiger partial charge in [-0.1, -0.05) is 268 Å². The topological polar surface area (TPSA) is 110 Å². The number of rotatable bonds is 54. The Kier molecular flexibility index (Phi) is 53.8. The third kappa shape index (κ3) is 49.1. The lowest BCUT2D eigenvalue weighted by Crippen LogP contribution is -2.53. The SMILES string of the molecule is CC/C=C/CC/C=C/CC/C=C/CCCC(O)C(O)C(CO)NC(=O)C(O)CCCCCCCCCCCCCCCCCC/C=C\CCCCCCCCCCCCCCCCCCCC. The maximum Gasteiger partial charge on any atom is 0.249 e. The quantitative estimate of drug-likeness (QED) is 0.0308. The third-order valence-corrected chi connectivity index (χ3v) is 13.7. The molecule has 0 aromatic carbocycles. The van der Waals surface area contributed by atoms with Crippen LogP contribution in [0.5, 0.6) is 0 Å². The van der Waals surface area contributed by atoms with Gasteiger partial charge in [-0.2, -0.15) is 0 Å². The van der Waals surface area contributed by atoms with Crippen molar-refractivity contribution in [2.24, 2.45) is 0 Å². The molecule has 0 aliphatic carbocycles. The molecule has 1 amide bonds. The number of carbonyl (C=O) groups is 1. The van der Waals surface area contributed by atoms with Gasteiger partial charge in [0.2, 0.25) is 5.91 Å². The van der Waals surface area contributed by atoms with Crippen LogP contribution in [0.15, 0.2) is 48.6 Å². The Morgan fingerprint density at radius 2 is 0.672 bits per heavy atom. The second-order valence-electron chi connectivity index (χ2n) is 20.3. The van der Waals surface area contributed by atoms with Crippen LogP contribution in [0, 0.1) is 0 Å². The van der Waals surface area contributed by atoms with Gasteiger partial charge in [0, 0.05) is 0 Å². The standard InChI is InChI=1S/C61H115NO5/c1-3-5-7-9-11-13-15-17-18-19-20-21-22-23-24-25-26-27-28-29-30-31-32-33-34-35-36-37-38-39-40-41-43-45-47-49-51-53-55-59(65)61(67)62-57(56-63)60(66)58(64)54-52-50-48-46-44-42-16-14-12-10-8-6-4-2/h6,8,14,16,29-30,46,48,57-60,63-66H,3-5,7,9-13,15,17-28,31-45,47,49-56H2,1-2H3,(H,62,67)/b8-6+,16-14+,30-29-,48-46+. The summed E-state index contributed by atoms with van der Waals surface area (Å²) in [6.45, 7) is 3.94. The van der Waals surface area contributed by atoms with Crippen LogP contribution in [-0.4, -0.2) is 57.3 Å². The number of aliphatic hydroxyl groups is 4. The molecule has 0 radical (unpaired) electrons. The molecule has 0 aliphatic rings. The van der Waals surface area contributed by atoms with Crippen molar-refractivity contribution in [3.8, 4) is 0 Å². The van der Waals surface area contributed by atoms with Crippen molar-refractivity contribution < 1.29 is 25.2 Å². The van der Waals surface area contributed by atoms with E-state index >= 15 is 0 Å². The van der Waals surface area contributed by atoms with Crippen LogP contribution < -0.4 is 5.32 Å². The summed E-state index contributed by atoms with van der Waals surface area (Å²) in [6.07, 6.45) is 70.8. The molecule has 0 saturated carbocycles. The summed E-state index contributed by atoms with van der Waals surface area (Å²) in [7, 11) is 0. The fourth-order valence-electron chi connectivity index (χ4n) is 9.15. The average Bonchev–Trinajstić information content (AvgIpc) is 3.33. The average molecular weight is 943 g/mol. The molecule has 0 bridgehead atoms. The van der Waals surface area contributed by atoms with Gasteiger partial charge in [0.1, 0.15) is 12.2 Å². The Morgan fingerprint density at radius 1 is 0.373 bits per heavy atom. The van der Waals surface area contributed by atoms with Crippen molar-refractivity contribution in [2.45, 2.75) is 327 Å². The van der Waals surface area contributed by atoms with Gasteiger partial charge < -0.3 is 25.7 Å². The van der Waals surface area contributed by atoms with E-state index in [-0.39, 0.29) is 0 Å². The summed E-state index contributed by atoms with van der Waals surface area (Å²) >= 11 is 0. The summed E-state index contributed by atoms with van der Waals surface area (Å²) in [6, 6.07) is -1.01. The predicted octanol–water partition coefficient (Wildman–Crippen LogP) is 17.4. The van der Waals surface area contributed by atoms with Gasteiger partial charge in [-0.25, -0.2) is 0 Å². The minimum atomic E-state index is -1.29. The van der Waals surface area contributed by atoms with Gasteiger partial charge in [-0.3, -0.25) is 4.79 Å². The highest BCUT2D eigenvalue weighted by Gasteiger charge is 2.28. The molecule has 0 fully saturated rings. The molecular weight excluding hydrogens is 827 g/mol. The fourth-order valence-corrected chi connectivity index (χ4v) is 9.15. The van der Waals surface area contributed by atoms with Gasteiger partial charge in [0.15, 0.2) is 0 Å². The van der Waals surface area contributed by atoms with E-state index in [0.29, 0.717) is 19.3 Å². The fraction of sp³-hybridized carbons (Fsp3) is 0.852. The minimum absolute atomic E-state index is 0.359. The van der Waals surface area contributed by atoms with E-state index in [1.165, 1.54) is 212 Å². The molecule has 5 N–H and O–H groups in total. The highest BCUT2D eigenvalue weighted by Crippen LogP contribution is 2.18. The molecular formula is C61H115NO5. The van der Waals surface area contributed by atoms with Crippen LogP contribution in [0.1, 0.15) is 303 Å². The van der Waals surface area contributed by atoms with Gasteiger partial charge in [-0.05, 0) is 83.5 Å². The zero-order chi connectivity index (χ0) is 48.8. The predicted molar refractivity (Wildman–Crippen MR) is 293 cm³/mol. The number of unbranched alkanes of at least 4 members (excludes halogenated alkanes) is 37. The maximum atomic E-state index is 12.6. The van der Waals surface area contributed by atoms with Crippen LogP contribution in [0.3, 0.4) is 0 Å². The van der Waals surface area contributed by atoms with E-state index in [1.54, 1.807) is 0 Å². The first-order valence-corrected chi connectivity index (χ1v) is 29.5. The molecule has 6 nitrogen and oxygen atoms in total. The maximum absolute atomic E-state index is 12.6. The van der Waals surface area contributed by atoms with Crippen LogP contribution in [-0.2, 0) is 4.79 Å². The smallest absolute Gasteiger partial charge is 0.249 e. The Balaban J connectivity index is 3.52. The first-order valence-electron chi connectivity index (χ1n) is 29.5. The van der Waals surface area contributed by atoms with E-state index in [9.17, 15) is 25.2 Å². The minimum Gasteiger partial charge on any atom is -0.394 e. The Morgan fingerprint density at radius 3 is 1.01 bits per heavy atom. The first kappa shape index (κ1) is 65.3. The van der Waals surface area contributed by atoms with E-state index in [0.717, 1.165) is 57.8 Å². The summed E-state index contributed by atoms with van der Waals surface area (Å²) in [5.74, 6) is -0.598. The molecule has 0 rings (SSSR count). The van der Waals surface area contributed by atoms with Crippen LogP contribution in [0.2, 0.25) is 0 Å². The highest BCUT2D eigenvalue weighted by atomic mass is 16.3.